The quantitative estimate of drug-likeness (QED) is 0.684. The Kier molecular flexibility index (Phi) is 4.38. The maximum absolute atomic E-state index is 11.5. The van der Waals surface area contributed by atoms with Crippen LogP contribution in [0.2, 0.25) is 0 Å². The lowest BCUT2D eigenvalue weighted by atomic mass is 10.1. The summed E-state index contributed by atoms with van der Waals surface area (Å²) in [5.74, 6) is -0.281. The van der Waals surface area contributed by atoms with E-state index in [1.807, 2.05) is 43.3 Å². The highest BCUT2D eigenvalue weighted by molar-refractivity contribution is 5.97. The van der Waals surface area contributed by atoms with Crippen LogP contribution in [0.5, 0.6) is 5.75 Å². The highest BCUT2D eigenvalue weighted by Gasteiger charge is 2.16. The number of aromatic nitrogens is 1. The molecule has 0 atom stereocenters. The number of benzene rings is 2. The number of hydrogen-bond acceptors (Lipinski definition) is 2. The lowest BCUT2D eigenvalue weighted by Gasteiger charge is -2.09. The molecule has 0 spiro atoms. The predicted octanol–water partition coefficient (Wildman–Crippen LogP) is 4.41. The molecule has 0 unspecified atom stereocenters. The first-order valence-electron chi connectivity index (χ1n) is 7.75. The molecule has 2 aromatic carbocycles. The first kappa shape index (κ1) is 15.9. The molecular formula is C20H19NO3. The van der Waals surface area contributed by atoms with Crippen LogP contribution in [0, 0.1) is 6.92 Å². The third kappa shape index (κ3) is 3.04. The van der Waals surface area contributed by atoms with Crippen LogP contribution in [0.1, 0.15) is 21.6 Å². The SMILES string of the molecule is C=CCn1c(C(=O)O)cc2c(OCc3cccc(C)c3)cccc21. The Morgan fingerprint density at radius 3 is 2.75 bits per heavy atom. The monoisotopic (exact) mass is 321 g/mol. The van der Waals surface area contributed by atoms with Crippen molar-refractivity contribution in [1.82, 2.24) is 4.57 Å². The van der Waals surface area contributed by atoms with Gasteiger partial charge in [-0.3, -0.25) is 0 Å². The van der Waals surface area contributed by atoms with Crippen LogP contribution in [0.25, 0.3) is 10.9 Å². The normalized spacial score (nSPS) is 10.7. The van der Waals surface area contributed by atoms with Crippen molar-refractivity contribution in [2.45, 2.75) is 20.1 Å². The van der Waals surface area contributed by atoms with Crippen molar-refractivity contribution in [3.8, 4) is 5.75 Å². The Morgan fingerprint density at radius 2 is 2.04 bits per heavy atom. The minimum absolute atomic E-state index is 0.233. The smallest absolute Gasteiger partial charge is 0.352 e. The maximum Gasteiger partial charge on any atom is 0.352 e. The van der Waals surface area contributed by atoms with E-state index >= 15 is 0 Å². The number of aromatic carboxylic acids is 1. The molecule has 0 amide bonds. The minimum atomic E-state index is -0.960. The summed E-state index contributed by atoms with van der Waals surface area (Å²) in [6.07, 6.45) is 1.69. The third-order valence-corrected chi connectivity index (χ3v) is 3.91. The predicted molar refractivity (Wildman–Crippen MR) is 94.6 cm³/mol. The van der Waals surface area contributed by atoms with Crippen LogP contribution < -0.4 is 4.74 Å². The maximum atomic E-state index is 11.5. The molecule has 1 heterocycles. The van der Waals surface area contributed by atoms with Crippen molar-refractivity contribution in [3.63, 3.8) is 0 Å². The van der Waals surface area contributed by atoms with Crippen LogP contribution >= 0.6 is 0 Å². The van der Waals surface area contributed by atoms with Crippen LogP contribution in [0.15, 0.2) is 61.2 Å². The Balaban J connectivity index is 1.98. The Labute approximate surface area is 140 Å². The molecule has 0 bridgehead atoms. The molecule has 0 fully saturated rings. The zero-order valence-electron chi connectivity index (χ0n) is 13.5. The number of rotatable bonds is 6. The molecular weight excluding hydrogens is 302 g/mol. The first-order valence-corrected chi connectivity index (χ1v) is 7.75. The van der Waals surface area contributed by atoms with Gasteiger partial charge in [-0.2, -0.15) is 0 Å². The summed E-state index contributed by atoms with van der Waals surface area (Å²) in [5.41, 5.74) is 3.32. The van der Waals surface area contributed by atoms with Gasteiger partial charge in [0.1, 0.15) is 18.1 Å². The molecule has 3 rings (SSSR count). The number of carboxylic acids is 1. The summed E-state index contributed by atoms with van der Waals surface area (Å²) in [6.45, 7) is 6.62. The molecule has 1 aromatic heterocycles. The van der Waals surface area contributed by atoms with Gasteiger partial charge in [-0.1, -0.05) is 42.0 Å². The van der Waals surface area contributed by atoms with Crippen LogP contribution in [0.4, 0.5) is 0 Å². The van der Waals surface area contributed by atoms with Crippen molar-refractivity contribution in [1.29, 1.82) is 0 Å². The number of nitrogens with zero attached hydrogens (tertiary/aromatic N) is 1. The molecule has 1 N–H and O–H groups in total. The number of ether oxygens (including phenoxy) is 1. The number of carboxylic acid groups (broad SMARTS) is 1. The summed E-state index contributed by atoms with van der Waals surface area (Å²) in [7, 11) is 0. The molecule has 0 saturated carbocycles. The van der Waals surface area contributed by atoms with Gasteiger partial charge < -0.3 is 14.4 Å². The summed E-state index contributed by atoms with van der Waals surface area (Å²) in [6, 6.07) is 15.4. The van der Waals surface area contributed by atoms with Gasteiger partial charge in [0.15, 0.2) is 0 Å². The standard InChI is InChI=1S/C20H19NO3/c1-3-10-21-17-8-5-9-19(16(17)12-18(21)20(22)23)24-13-15-7-4-6-14(2)11-15/h3-9,11-12H,1,10,13H2,2H3,(H,22,23). The van der Waals surface area contributed by atoms with Gasteiger partial charge in [-0.25, -0.2) is 4.79 Å². The fraction of sp³-hybridized carbons (Fsp3) is 0.150. The molecule has 0 radical (unpaired) electrons. The third-order valence-electron chi connectivity index (χ3n) is 3.91. The number of carbonyl (C=O) groups is 1. The van der Waals surface area contributed by atoms with E-state index in [2.05, 4.69) is 12.6 Å². The Bertz CT molecular complexity index is 908. The van der Waals surface area contributed by atoms with Gasteiger partial charge in [-0.05, 0) is 30.7 Å². The molecule has 4 heteroatoms. The van der Waals surface area contributed by atoms with E-state index in [1.54, 1.807) is 16.7 Å². The molecule has 122 valence electrons. The zero-order chi connectivity index (χ0) is 17.1. The molecule has 0 saturated heterocycles. The number of aryl methyl sites for hydroxylation is 1. The number of hydrogen-bond donors (Lipinski definition) is 1. The van der Waals surface area contributed by atoms with E-state index in [9.17, 15) is 9.90 Å². The second-order valence-corrected chi connectivity index (χ2v) is 5.70. The molecule has 4 nitrogen and oxygen atoms in total. The topological polar surface area (TPSA) is 51.5 Å². The van der Waals surface area contributed by atoms with Gasteiger partial charge >= 0.3 is 5.97 Å². The zero-order valence-corrected chi connectivity index (χ0v) is 13.5. The van der Waals surface area contributed by atoms with Crippen molar-refractivity contribution < 1.29 is 14.6 Å². The van der Waals surface area contributed by atoms with Crippen molar-refractivity contribution in [3.05, 3.63) is 78.0 Å². The highest BCUT2D eigenvalue weighted by atomic mass is 16.5. The highest BCUT2D eigenvalue weighted by Crippen LogP contribution is 2.30. The molecule has 0 aliphatic carbocycles. The summed E-state index contributed by atoms with van der Waals surface area (Å²) < 4.78 is 7.68. The number of allylic oxidation sites excluding steroid dienone is 1. The van der Waals surface area contributed by atoms with E-state index in [0.717, 1.165) is 16.5 Å². The van der Waals surface area contributed by atoms with Crippen molar-refractivity contribution >= 4 is 16.9 Å². The molecule has 0 aliphatic rings. The number of fused-ring (bicyclic) bond motifs is 1. The second kappa shape index (κ2) is 6.62. The van der Waals surface area contributed by atoms with Gasteiger partial charge in [-0.15, -0.1) is 6.58 Å². The second-order valence-electron chi connectivity index (χ2n) is 5.70. The van der Waals surface area contributed by atoms with E-state index < -0.39 is 5.97 Å². The van der Waals surface area contributed by atoms with Crippen molar-refractivity contribution in [2.75, 3.05) is 0 Å². The lowest BCUT2D eigenvalue weighted by molar-refractivity contribution is 0.0686. The van der Waals surface area contributed by atoms with Gasteiger partial charge in [0.05, 0.1) is 5.52 Å². The van der Waals surface area contributed by atoms with E-state index in [-0.39, 0.29) is 5.69 Å². The van der Waals surface area contributed by atoms with Crippen LogP contribution in [-0.2, 0) is 13.2 Å². The van der Waals surface area contributed by atoms with E-state index in [4.69, 9.17) is 4.74 Å². The average Bonchev–Trinajstić information content (AvgIpc) is 2.93. The van der Waals surface area contributed by atoms with Crippen LogP contribution in [-0.4, -0.2) is 15.6 Å². The molecule has 3 aromatic rings. The minimum Gasteiger partial charge on any atom is -0.488 e. The van der Waals surface area contributed by atoms with Gasteiger partial charge in [0.25, 0.3) is 0 Å². The summed E-state index contributed by atoms with van der Waals surface area (Å²) >= 11 is 0. The largest absolute Gasteiger partial charge is 0.488 e. The fourth-order valence-corrected chi connectivity index (χ4v) is 2.85. The lowest BCUT2D eigenvalue weighted by Crippen LogP contribution is -2.06. The average molecular weight is 321 g/mol. The van der Waals surface area contributed by atoms with Gasteiger partial charge in [0.2, 0.25) is 0 Å². The van der Waals surface area contributed by atoms with Gasteiger partial charge in [0, 0.05) is 11.9 Å². The van der Waals surface area contributed by atoms with Crippen LogP contribution in [0.3, 0.4) is 0 Å². The van der Waals surface area contributed by atoms with E-state index in [1.165, 1.54) is 5.56 Å². The first-order chi connectivity index (χ1) is 11.6. The van der Waals surface area contributed by atoms with Crippen molar-refractivity contribution in [2.24, 2.45) is 0 Å². The van der Waals surface area contributed by atoms with E-state index in [0.29, 0.717) is 18.9 Å². The Hall–Kier alpha value is -3.01. The summed E-state index contributed by atoms with van der Waals surface area (Å²) in [4.78, 5) is 11.5. The molecule has 0 aliphatic heterocycles. The Morgan fingerprint density at radius 1 is 1.25 bits per heavy atom. The fourth-order valence-electron chi connectivity index (χ4n) is 2.85. The molecule has 24 heavy (non-hydrogen) atoms. The summed E-state index contributed by atoms with van der Waals surface area (Å²) in [5, 5.41) is 10.2.